The fraction of sp³-hybridized carbons (Fsp3) is 0.111. The fourth-order valence-electron chi connectivity index (χ4n) is 1.28. The Labute approximate surface area is 74.8 Å². The Hall–Kier alpha value is -1.15. The third-order valence-electron chi connectivity index (χ3n) is 1.98. The van der Waals surface area contributed by atoms with Crippen molar-refractivity contribution in [3.63, 3.8) is 0 Å². The summed E-state index contributed by atoms with van der Waals surface area (Å²) in [7, 11) is 0. The molecule has 0 spiro atoms. The molecule has 0 fully saturated rings. The molecule has 0 aliphatic heterocycles. The second kappa shape index (κ2) is 2.42. The number of rotatable bonds is 0. The number of fused-ring (bicyclic) bond motifs is 1. The normalized spacial score (nSPS) is 10.8. The van der Waals surface area contributed by atoms with Crippen molar-refractivity contribution in [1.82, 2.24) is 4.98 Å². The maximum atomic E-state index is 9.21. The van der Waals surface area contributed by atoms with Gasteiger partial charge in [0.15, 0.2) is 0 Å². The van der Waals surface area contributed by atoms with Crippen LogP contribution in [0.4, 0.5) is 0 Å². The Kier molecular flexibility index (Phi) is 1.51. The SMILES string of the molecule is Cc1c(Cl)[nH]c2ccc(O)cc12. The van der Waals surface area contributed by atoms with E-state index in [4.69, 9.17) is 11.6 Å². The Morgan fingerprint density at radius 2 is 2.17 bits per heavy atom. The number of phenolic OH excluding ortho intramolecular Hbond substituents is 1. The summed E-state index contributed by atoms with van der Waals surface area (Å²) in [6.07, 6.45) is 0. The third kappa shape index (κ3) is 0.959. The van der Waals surface area contributed by atoms with Crippen molar-refractivity contribution in [2.45, 2.75) is 6.92 Å². The van der Waals surface area contributed by atoms with Crippen molar-refractivity contribution >= 4 is 22.5 Å². The Morgan fingerprint density at radius 3 is 2.92 bits per heavy atom. The van der Waals surface area contributed by atoms with Crippen molar-refractivity contribution in [3.8, 4) is 5.75 Å². The molecule has 0 saturated carbocycles. The van der Waals surface area contributed by atoms with Crippen LogP contribution in [0.1, 0.15) is 5.56 Å². The molecule has 1 aromatic carbocycles. The van der Waals surface area contributed by atoms with E-state index in [9.17, 15) is 5.11 Å². The molecule has 0 atom stereocenters. The van der Waals surface area contributed by atoms with Crippen LogP contribution in [0.5, 0.6) is 5.75 Å². The molecule has 2 nitrogen and oxygen atoms in total. The first-order valence-corrected chi connectivity index (χ1v) is 4.03. The van der Waals surface area contributed by atoms with Gasteiger partial charge in [-0.05, 0) is 30.7 Å². The molecular formula is C9H8ClNO. The number of H-pyrrole nitrogens is 1. The lowest BCUT2D eigenvalue weighted by Gasteiger charge is -1.92. The molecule has 12 heavy (non-hydrogen) atoms. The number of hydrogen-bond donors (Lipinski definition) is 2. The lowest BCUT2D eigenvalue weighted by Crippen LogP contribution is -1.68. The number of aromatic amines is 1. The van der Waals surface area contributed by atoms with E-state index in [2.05, 4.69) is 4.98 Å². The summed E-state index contributed by atoms with van der Waals surface area (Å²) < 4.78 is 0. The van der Waals surface area contributed by atoms with Gasteiger partial charge >= 0.3 is 0 Å². The lowest BCUT2D eigenvalue weighted by atomic mass is 10.2. The summed E-state index contributed by atoms with van der Waals surface area (Å²) in [4.78, 5) is 3.01. The minimum Gasteiger partial charge on any atom is -0.508 e. The van der Waals surface area contributed by atoms with Gasteiger partial charge in [0.05, 0.1) is 0 Å². The average molecular weight is 182 g/mol. The first-order chi connectivity index (χ1) is 5.68. The molecule has 0 saturated heterocycles. The smallest absolute Gasteiger partial charge is 0.116 e. The molecule has 0 amide bonds. The number of hydrogen-bond acceptors (Lipinski definition) is 1. The van der Waals surface area contributed by atoms with Crippen LogP contribution in [-0.2, 0) is 0 Å². The summed E-state index contributed by atoms with van der Waals surface area (Å²) >= 11 is 5.87. The number of benzene rings is 1. The van der Waals surface area contributed by atoms with E-state index in [1.54, 1.807) is 12.1 Å². The number of aryl methyl sites for hydroxylation is 1. The first-order valence-electron chi connectivity index (χ1n) is 3.65. The second-order valence-electron chi connectivity index (χ2n) is 2.79. The van der Waals surface area contributed by atoms with Crippen molar-refractivity contribution in [3.05, 3.63) is 28.9 Å². The average Bonchev–Trinajstić information content (AvgIpc) is 2.31. The molecule has 0 radical (unpaired) electrons. The summed E-state index contributed by atoms with van der Waals surface area (Å²) in [5.74, 6) is 0.265. The van der Waals surface area contributed by atoms with Gasteiger partial charge in [-0.3, -0.25) is 0 Å². The topological polar surface area (TPSA) is 36.0 Å². The van der Waals surface area contributed by atoms with E-state index >= 15 is 0 Å². The predicted octanol–water partition coefficient (Wildman–Crippen LogP) is 2.84. The van der Waals surface area contributed by atoms with Gasteiger partial charge in [0.2, 0.25) is 0 Å². The van der Waals surface area contributed by atoms with Crippen molar-refractivity contribution in [1.29, 1.82) is 0 Å². The van der Waals surface area contributed by atoms with E-state index in [1.165, 1.54) is 0 Å². The number of aromatic hydroxyl groups is 1. The highest BCUT2D eigenvalue weighted by atomic mass is 35.5. The number of aromatic nitrogens is 1. The monoisotopic (exact) mass is 181 g/mol. The summed E-state index contributed by atoms with van der Waals surface area (Å²) in [5, 5.41) is 10.8. The highest BCUT2D eigenvalue weighted by Crippen LogP contribution is 2.27. The van der Waals surface area contributed by atoms with Crippen molar-refractivity contribution in [2.24, 2.45) is 0 Å². The second-order valence-corrected chi connectivity index (χ2v) is 3.17. The zero-order valence-electron chi connectivity index (χ0n) is 6.56. The molecule has 2 N–H and O–H groups in total. The summed E-state index contributed by atoms with van der Waals surface area (Å²) in [6.45, 7) is 1.92. The minimum atomic E-state index is 0.265. The highest BCUT2D eigenvalue weighted by Gasteiger charge is 2.04. The van der Waals surface area contributed by atoms with Crippen LogP contribution in [0.3, 0.4) is 0 Å². The van der Waals surface area contributed by atoms with E-state index in [1.807, 2.05) is 13.0 Å². The van der Waals surface area contributed by atoms with E-state index in [-0.39, 0.29) is 5.75 Å². The van der Waals surface area contributed by atoms with Crippen LogP contribution in [-0.4, -0.2) is 10.1 Å². The summed E-state index contributed by atoms with van der Waals surface area (Å²) in [6, 6.07) is 5.14. The Bertz CT molecular complexity index is 433. The molecule has 2 aromatic rings. The number of phenols is 1. The van der Waals surface area contributed by atoms with Crippen molar-refractivity contribution in [2.75, 3.05) is 0 Å². The van der Waals surface area contributed by atoms with Gasteiger partial charge in [-0.25, -0.2) is 0 Å². The Balaban J connectivity index is 2.88. The predicted molar refractivity (Wildman–Crippen MR) is 49.7 cm³/mol. The van der Waals surface area contributed by atoms with E-state index in [0.29, 0.717) is 5.15 Å². The van der Waals surface area contributed by atoms with Crippen LogP contribution < -0.4 is 0 Å². The highest BCUT2D eigenvalue weighted by molar-refractivity contribution is 6.31. The van der Waals surface area contributed by atoms with Crippen LogP contribution in [0.25, 0.3) is 10.9 Å². The van der Waals surface area contributed by atoms with Crippen LogP contribution in [0.2, 0.25) is 5.15 Å². The zero-order chi connectivity index (χ0) is 8.72. The number of halogens is 1. The maximum absolute atomic E-state index is 9.21. The quantitative estimate of drug-likeness (QED) is 0.644. The maximum Gasteiger partial charge on any atom is 0.116 e. The van der Waals surface area contributed by atoms with Crippen LogP contribution >= 0.6 is 11.6 Å². The lowest BCUT2D eigenvalue weighted by molar-refractivity contribution is 0.476. The van der Waals surface area contributed by atoms with Gasteiger partial charge in [0.25, 0.3) is 0 Å². The largest absolute Gasteiger partial charge is 0.508 e. The molecule has 0 aliphatic carbocycles. The van der Waals surface area contributed by atoms with Crippen LogP contribution in [0.15, 0.2) is 18.2 Å². The standard InChI is InChI=1S/C9H8ClNO/c1-5-7-4-6(12)2-3-8(7)11-9(5)10/h2-4,11-12H,1H3. The molecule has 62 valence electrons. The minimum absolute atomic E-state index is 0.265. The zero-order valence-corrected chi connectivity index (χ0v) is 7.31. The van der Waals surface area contributed by atoms with Gasteiger partial charge < -0.3 is 10.1 Å². The molecule has 1 heterocycles. The molecule has 0 aliphatic rings. The fourth-order valence-corrected chi connectivity index (χ4v) is 1.49. The molecule has 0 unspecified atom stereocenters. The van der Waals surface area contributed by atoms with Gasteiger partial charge in [-0.15, -0.1) is 0 Å². The van der Waals surface area contributed by atoms with Gasteiger partial charge in [-0.2, -0.15) is 0 Å². The third-order valence-corrected chi connectivity index (χ3v) is 2.36. The van der Waals surface area contributed by atoms with Crippen molar-refractivity contribution < 1.29 is 5.11 Å². The molecule has 3 heteroatoms. The number of nitrogens with one attached hydrogen (secondary N) is 1. The Morgan fingerprint density at radius 1 is 1.42 bits per heavy atom. The molecular weight excluding hydrogens is 174 g/mol. The van der Waals surface area contributed by atoms with Gasteiger partial charge in [0, 0.05) is 10.9 Å². The van der Waals surface area contributed by atoms with Crippen LogP contribution in [0, 0.1) is 6.92 Å². The first kappa shape index (κ1) is 7.50. The molecule has 2 rings (SSSR count). The van der Waals surface area contributed by atoms with Gasteiger partial charge in [0.1, 0.15) is 10.9 Å². The molecule has 0 bridgehead atoms. The summed E-state index contributed by atoms with van der Waals surface area (Å²) in [5.41, 5.74) is 1.93. The van der Waals surface area contributed by atoms with E-state index < -0.39 is 0 Å². The van der Waals surface area contributed by atoms with Gasteiger partial charge in [-0.1, -0.05) is 11.6 Å². The van der Waals surface area contributed by atoms with E-state index in [0.717, 1.165) is 16.5 Å². The molecule has 1 aromatic heterocycles.